The molecule has 0 amide bonds. The fraction of sp³-hybridized carbons (Fsp3) is 0.600. The van der Waals surface area contributed by atoms with Gasteiger partial charge in [-0.3, -0.25) is 0 Å². The van der Waals surface area contributed by atoms with Crippen molar-refractivity contribution in [1.82, 2.24) is 0 Å². The normalized spacial score (nSPS) is 15.6. The van der Waals surface area contributed by atoms with Crippen LogP contribution in [0.5, 0.6) is 0 Å². The van der Waals surface area contributed by atoms with E-state index >= 15 is 0 Å². The molecule has 0 aliphatic carbocycles. The minimum absolute atomic E-state index is 0. The molecule has 0 aliphatic rings. The Bertz CT molecular complexity index is 316. The number of aliphatic hydroxyl groups is 1. The minimum Gasteiger partial charge on any atom is -0.384 e. The van der Waals surface area contributed by atoms with Gasteiger partial charge in [-0.1, -0.05) is 62.9 Å². The summed E-state index contributed by atoms with van der Waals surface area (Å²) in [6.45, 7) is 4.07. The van der Waals surface area contributed by atoms with Crippen LogP contribution < -0.4 is 5.73 Å². The van der Waals surface area contributed by atoms with Gasteiger partial charge in [0.1, 0.15) is 5.60 Å². The zero-order chi connectivity index (χ0) is 12.7. The van der Waals surface area contributed by atoms with Crippen molar-refractivity contribution in [2.24, 2.45) is 5.73 Å². The molecule has 0 saturated carbocycles. The second kappa shape index (κ2) is 8.52. The number of hydrogen-bond donors (Lipinski definition) is 2. The Kier molecular flexibility index (Phi) is 8.25. The zero-order valence-electron chi connectivity index (χ0n) is 11.4. The summed E-state index contributed by atoms with van der Waals surface area (Å²) in [7, 11) is 0. The quantitative estimate of drug-likeness (QED) is 0.744. The first kappa shape index (κ1) is 17.4. The van der Waals surface area contributed by atoms with Gasteiger partial charge in [-0.2, -0.15) is 0 Å². The van der Waals surface area contributed by atoms with E-state index in [4.69, 9.17) is 5.73 Å². The SMILES string of the molecule is CCCCCCC(O)(c1ccccc1)C(C)N.Cl. The van der Waals surface area contributed by atoms with E-state index in [-0.39, 0.29) is 18.4 Å². The Balaban J connectivity index is 0.00000289. The monoisotopic (exact) mass is 271 g/mol. The van der Waals surface area contributed by atoms with E-state index in [0.717, 1.165) is 18.4 Å². The van der Waals surface area contributed by atoms with E-state index < -0.39 is 5.60 Å². The topological polar surface area (TPSA) is 46.2 Å². The van der Waals surface area contributed by atoms with Crippen molar-refractivity contribution in [3.8, 4) is 0 Å². The predicted molar refractivity (Wildman–Crippen MR) is 80.0 cm³/mol. The molecule has 3 N–H and O–H groups in total. The molecule has 18 heavy (non-hydrogen) atoms. The fourth-order valence-electron chi connectivity index (χ4n) is 2.18. The van der Waals surface area contributed by atoms with Gasteiger partial charge in [0, 0.05) is 6.04 Å². The summed E-state index contributed by atoms with van der Waals surface area (Å²) in [5, 5.41) is 10.7. The molecular formula is C15H26ClNO. The maximum absolute atomic E-state index is 10.7. The summed E-state index contributed by atoms with van der Waals surface area (Å²) >= 11 is 0. The molecule has 2 atom stereocenters. The summed E-state index contributed by atoms with van der Waals surface area (Å²) in [4.78, 5) is 0. The molecule has 1 rings (SSSR count). The molecule has 104 valence electrons. The van der Waals surface area contributed by atoms with Crippen LogP contribution in [0.15, 0.2) is 30.3 Å². The van der Waals surface area contributed by atoms with Gasteiger partial charge in [0.15, 0.2) is 0 Å². The van der Waals surface area contributed by atoms with Gasteiger partial charge < -0.3 is 10.8 Å². The second-order valence-corrected chi connectivity index (χ2v) is 4.89. The van der Waals surface area contributed by atoms with Crippen LogP contribution in [-0.4, -0.2) is 11.1 Å². The zero-order valence-corrected chi connectivity index (χ0v) is 12.2. The van der Waals surface area contributed by atoms with Crippen LogP contribution in [0.1, 0.15) is 51.5 Å². The Morgan fingerprint density at radius 3 is 2.28 bits per heavy atom. The van der Waals surface area contributed by atoms with Crippen molar-refractivity contribution < 1.29 is 5.11 Å². The Labute approximate surface area is 117 Å². The van der Waals surface area contributed by atoms with E-state index in [9.17, 15) is 5.11 Å². The summed E-state index contributed by atoms with van der Waals surface area (Å²) in [6.07, 6.45) is 5.37. The fourth-order valence-corrected chi connectivity index (χ4v) is 2.18. The number of nitrogens with two attached hydrogens (primary N) is 1. The highest BCUT2D eigenvalue weighted by atomic mass is 35.5. The molecular weight excluding hydrogens is 246 g/mol. The number of benzene rings is 1. The van der Waals surface area contributed by atoms with Crippen LogP contribution in [0.2, 0.25) is 0 Å². The molecule has 0 heterocycles. The van der Waals surface area contributed by atoms with Crippen molar-refractivity contribution in [3.05, 3.63) is 35.9 Å². The predicted octanol–water partition coefficient (Wildman–Crippen LogP) is 3.61. The minimum atomic E-state index is -0.880. The van der Waals surface area contributed by atoms with Gasteiger partial charge >= 0.3 is 0 Å². The van der Waals surface area contributed by atoms with E-state index in [1.54, 1.807) is 0 Å². The lowest BCUT2D eigenvalue weighted by Crippen LogP contribution is -2.43. The van der Waals surface area contributed by atoms with E-state index in [2.05, 4.69) is 6.92 Å². The van der Waals surface area contributed by atoms with Crippen molar-refractivity contribution in [3.63, 3.8) is 0 Å². The molecule has 0 spiro atoms. The van der Waals surface area contributed by atoms with Crippen molar-refractivity contribution in [2.45, 2.75) is 57.6 Å². The summed E-state index contributed by atoms with van der Waals surface area (Å²) in [5.74, 6) is 0. The van der Waals surface area contributed by atoms with Crippen LogP contribution in [-0.2, 0) is 5.60 Å². The van der Waals surface area contributed by atoms with Crippen LogP contribution in [0.4, 0.5) is 0 Å². The van der Waals surface area contributed by atoms with Gasteiger partial charge in [-0.05, 0) is 18.9 Å². The average molecular weight is 272 g/mol. The van der Waals surface area contributed by atoms with Crippen molar-refractivity contribution in [1.29, 1.82) is 0 Å². The van der Waals surface area contributed by atoms with Gasteiger partial charge in [0.25, 0.3) is 0 Å². The maximum Gasteiger partial charge on any atom is 0.104 e. The number of hydrogen-bond acceptors (Lipinski definition) is 2. The first-order valence-corrected chi connectivity index (χ1v) is 6.64. The van der Waals surface area contributed by atoms with Crippen LogP contribution in [0.25, 0.3) is 0 Å². The molecule has 2 unspecified atom stereocenters. The van der Waals surface area contributed by atoms with E-state index in [1.165, 1.54) is 19.3 Å². The Morgan fingerprint density at radius 2 is 1.78 bits per heavy atom. The molecule has 0 bridgehead atoms. The number of rotatable bonds is 7. The van der Waals surface area contributed by atoms with Gasteiger partial charge in [-0.15, -0.1) is 12.4 Å². The summed E-state index contributed by atoms with van der Waals surface area (Å²) in [6, 6.07) is 9.55. The van der Waals surface area contributed by atoms with Gasteiger partial charge in [-0.25, -0.2) is 0 Å². The lowest BCUT2D eigenvalue weighted by molar-refractivity contribution is 0.00390. The first-order valence-electron chi connectivity index (χ1n) is 6.64. The number of unbranched alkanes of at least 4 members (excludes halogenated alkanes) is 3. The molecule has 0 aliphatic heterocycles. The van der Waals surface area contributed by atoms with Crippen LogP contribution in [0, 0.1) is 0 Å². The van der Waals surface area contributed by atoms with Crippen LogP contribution >= 0.6 is 12.4 Å². The average Bonchev–Trinajstić information content (AvgIpc) is 2.35. The highest BCUT2D eigenvalue weighted by Crippen LogP contribution is 2.30. The van der Waals surface area contributed by atoms with E-state index in [1.807, 2.05) is 37.3 Å². The van der Waals surface area contributed by atoms with Gasteiger partial charge in [0.05, 0.1) is 0 Å². The van der Waals surface area contributed by atoms with Crippen molar-refractivity contribution >= 4 is 12.4 Å². The number of halogens is 1. The second-order valence-electron chi connectivity index (χ2n) is 4.89. The lowest BCUT2D eigenvalue weighted by atomic mass is 9.83. The maximum atomic E-state index is 10.7. The molecule has 0 aromatic heterocycles. The lowest BCUT2D eigenvalue weighted by Gasteiger charge is -2.32. The Morgan fingerprint density at radius 1 is 1.17 bits per heavy atom. The van der Waals surface area contributed by atoms with E-state index in [0.29, 0.717) is 0 Å². The smallest absolute Gasteiger partial charge is 0.104 e. The highest BCUT2D eigenvalue weighted by molar-refractivity contribution is 5.85. The molecule has 2 nitrogen and oxygen atoms in total. The summed E-state index contributed by atoms with van der Waals surface area (Å²) in [5.41, 5.74) is 6.02. The molecule has 3 heteroatoms. The third kappa shape index (κ3) is 4.60. The Hall–Kier alpha value is -0.570. The largest absolute Gasteiger partial charge is 0.384 e. The molecule has 0 saturated heterocycles. The highest BCUT2D eigenvalue weighted by Gasteiger charge is 2.32. The third-order valence-electron chi connectivity index (χ3n) is 3.44. The van der Waals surface area contributed by atoms with Crippen molar-refractivity contribution in [2.75, 3.05) is 0 Å². The van der Waals surface area contributed by atoms with Gasteiger partial charge in [0.2, 0.25) is 0 Å². The standard InChI is InChI=1S/C15H25NO.ClH/c1-3-4-5-9-12-15(17,13(2)16)14-10-7-6-8-11-14;/h6-8,10-11,13,17H,3-5,9,12,16H2,1-2H3;1H. The molecule has 1 aromatic rings. The molecule has 1 aromatic carbocycles. The molecule has 0 radical (unpaired) electrons. The summed E-state index contributed by atoms with van der Waals surface area (Å²) < 4.78 is 0. The molecule has 0 fully saturated rings. The van der Waals surface area contributed by atoms with Crippen LogP contribution in [0.3, 0.4) is 0 Å². The third-order valence-corrected chi connectivity index (χ3v) is 3.44. The first-order chi connectivity index (χ1) is 8.11.